The van der Waals surface area contributed by atoms with Crippen LogP contribution in [0.3, 0.4) is 0 Å². The van der Waals surface area contributed by atoms with E-state index in [0.29, 0.717) is 77.5 Å². The summed E-state index contributed by atoms with van der Waals surface area (Å²) < 4.78 is 0. The molecule has 15 heteroatoms. The van der Waals surface area contributed by atoms with Crippen LogP contribution in [0.5, 0.6) is 0 Å². The maximum absolute atomic E-state index is 13.2. The lowest BCUT2D eigenvalue weighted by Crippen LogP contribution is -2.57. The number of carbonyl (C=O) groups is 4. The highest BCUT2D eigenvalue weighted by molar-refractivity contribution is 5.94. The van der Waals surface area contributed by atoms with E-state index in [1.807, 2.05) is 0 Å². The molecule has 3 amide bonds. The van der Waals surface area contributed by atoms with Crippen LogP contribution >= 0.6 is 0 Å². The van der Waals surface area contributed by atoms with Gasteiger partial charge >= 0.3 is 5.97 Å². The number of nitrogens with two attached hydrogens (primary N) is 5. The van der Waals surface area contributed by atoms with Gasteiger partial charge in [0.1, 0.15) is 18.1 Å². The zero-order chi connectivity index (χ0) is 29.6. The Bertz CT molecular complexity index is 755. The molecule has 0 aromatic rings. The van der Waals surface area contributed by atoms with Crippen LogP contribution in [0.1, 0.15) is 70.6 Å². The third kappa shape index (κ3) is 17.2. The second-order valence-corrected chi connectivity index (χ2v) is 9.46. The van der Waals surface area contributed by atoms with Crippen molar-refractivity contribution in [1.82, 2.24) is 21.3 Å². The van der Waals surface area contributed by atoms with Crippen LogP contribution in [-0.2, 0) is 19.2 Å². The first-order valence-electron chi connectivity index (χ1n) is 13.6. The number of nitrogens with one attached hydrogen (secondary N) is 5. The lowest BCUT2D eigenvalue weighted by atomic mass is 10.0. The largest absolute Gasteiger partial charge is 0.480 e. The van der Waals surface area contributed by atoms with E-state index in [-0.39, 0.29) is 25.2 Å². The number of carbonyl (C=O) groups excluding carboxylic acids is 3. The fourth-order valence-corrected chi connectivity index (χ4v) is 3.77. The quantitative estimate of drug-likeness (QED) is 0.0354. The van der Waals surface area contributed by atoms with Gasteiger partial charge in [0.25, 0.3) is 0 Å². The Kier molecular flexibility index (Phi) is 20.2. The smallest absolute Gasteiger partial charge is 0.326 e. The molecule has 0 spiro atoms. The van der Waals surface area contributed by atoms with Crippen molar-refractivity contribution in [3.05, 3.63) is 0 Å². The molecule has 4 atom stereocenters. The highest BCUT2D eigenvalue weighted by atomic mass is 16.4. The normalized spacial score (nSPS) is 13.9. The number of amides is 3. The topological polar surface area (TPSA) is 291 Å². The third-order valence-electron chi connectivity index (χ3n) is 6.07. The van der Waals surface area contributed by atoms with Gasteiger partial charge in [0, 0.05) is 6.54 Å². The minimum atomic E-state index is -1.17. The monoisotopic (exact) mass is 558 g/mol. The zero-order valence-electron chi connectivity index (χ0n) is 22.9. The highest BCUT2D eigenvalue weighted by Crippen LogP contribution is 2.08. The van der Waals surface area contributed by atoms with Crippen molar-refractivity contribution >= 4 is 29.7 Å². The molecule has 15 nitrogen and oxygen atoms in total. The van der Waals surface area contributed by atoms with E-state index in [0.717, 1.165) is 0 Å². The number of hydrogen-bond acceptors (Lipinski definition) is 9. The van der Waals surface area contributed by atoms with Crippen LogP contribution in [0.25, 0.3) is 0 Å². The van der Waals surface area contributed by atoms with E-state index in [9.17, 15) is 24.3 Å². The van der Waals surface area contributed by atoms with E-state index in [2.05, 4.69) is 21.3 Å². The second kappa shape index (κ2) is 21.9. The molecule has 16 N–H and O–H groups in total. The molecule has 0 aromatic heterocycles. The predicted molar refractivity (Wildman–Crippen MR) is 149 cm³/mol. The summed E-state index contributed by atoms with van der Waals surface area (Å²) in [5, 5.41) is 27.2. The maximum Gasteiger partial charge on any atom is 0.326 e. The lowest BCUT2D eigenvalue weighted by molar-refractivity contribution is -0.142. The Balaban J connectivity index is 5.41. The predicted octanol–water partition coefficient (Wildman–Crippen LogP) is -2.50. The van der Waals surface area contributed by atoms with E-state index < -0.39 is 47.9 Å². The number of aliphatic carboxylic acids is 1. The van der Waals surface area contributed by atoms with Crippen molar-refractivity contribution in [3.63, 3.8) is 0 Å². The molecular formula is C24H50N10O5. The molecule has 0 aliphatic carbocycles. The van der Waals surface area contributed by atoms with Gasteiger partial charge < -0.3 is 55.0 Å². The first-order chi connectivity index (χ1) is 18.6. The Morgan fingerprint density at radius 2 is 1.05 bits per heavy atom. The Labute approximate surface area is 230 Å². The van der Waals surface area contributed by atoms with E-state index in [1.165, 1.54) is 0 Å². The minimum Gasteiger partial charge on any atom is -0.480 e. The SMILES string of the molecule is N=C(N)NCCCC(N)C(=O)NC(CCCCN)C(=O)NC(CCCCN)C(=O)NC(CCCCN)C(=O)O. The summed E-state index contributed by atoms with van der Waals surface area (Å²) in [6, 6.07) is -3.98. The molecular weight excluding hydrogens is 508 g/mol. The average Bonchev–Trinajstić information content (AvgIpc) is 2.88. The molecule has 0 aliphatic rings. The van der Waals surface area contributed by atoms with Crippen molar-refractivity contribution in [2.45, 2.75) is 94.8 Å². The van der Waals surface area contributed by atoms with E-state index in [4.69, 9.17) is 34.1 Å². The van der Waals surface area contributed by atoms with Crippen molar-refractivity contribution < 1.29 is 24.3 Å². The fourth-order valence-electron chi connectivity index (χ4n) is 3.77. The summed E-state index contributed by atoms with van der Waals surface area (Å²) in [5.41, 5.74) is 27.8. The summed E-state index contributed by atoms with van der Waals surface area (Å²) >= 11 is 0. The number of carboxylic acid groups (broad SMARTS) is 1. The molecule has 226 valence electrons. The van der Waals surface area contributed by atoms with Crippen molar-refractivity contribution in [3.8, 4) is 0 Å². The standard InChI is InChI=1S/C24H50N10O5/c25-12-4-1-9-17(32-20(35)16(28)8-7-15-31-24(29)30)21(36)33-18(10-2-5-13-26)22(37)34-19(23(38)39)11-3-6-14-27/h16-19H,1-15,25-28H2,(H,32,35)(H,33,36)(H,34,37)(H,38,39)(H4,29,30,31). The van der Waals surface area contributed by atoms with Crippen LogP contribution in [-0.4, -0.2) is 85.1 Å². The van der Waals surface area contributed by atoms with Gasteiger partial charge in [-0.2, -0.15) is 0 Å². The van der Waals surface area contributed by atoms with Gasteiger partial charge in [-0.3, -0.25) is 19.8 Å². The van der Waals surface area contributed by atoms with E-state index in [1.54, 1.807) is 0 Å². The van der Waals surface area contributed by atoms with Gasteiger partial charge in [-0.25, -0.2) is 4.79 Å². The van der Waals surface area contributed by atoms with Gasteiger partial charge in [0.15, 0.2) is 5.96 Å². The van der Waals surface area contributed by atoms with Gasteiger partial charge in [0.2, 0.25) is 17.7 Å². The molecule has 39 heavy (non-hydrogen) atoms. The Morgan fingerprint density at radius 1 is 0.641 bits per heavy atom. The zero-order valence-corrected chi connectivity index (χ0v) is 22.9. The maximum atomic E-state index is 13.2. The number of unbranched alkanes of at least 4 members (excludes halogenated alkanes) is 3. The second-order valence-electron chi connectivity index (χ2n) is 9.46. The molecule has 0 aromatic carbocycles. The molecule has 0 bridgehead atoms. The van der Waals surface area contributed by atoms with Gasteiger partial charge in [-0.1, -0.05) is 0 Å². The third-order valence-corrected chi connectivity index (χ3v) is 6.07. The number of guanidine groups is 1. The molecule has 0 aliphatic heterocycles. The first kappa shape index (κ1) is 36.0. The number of rotatable bonds is 23. The summed E-state index contributed by atoms with van der Waals surface area (Å²) in [4.78, 5) is 50.6. The van der Waals surface area contributed by atoms with Crippen LogP contribution < -0.4 is 49.9 Å². The van der Waals surface area contributed by atoms with Crippen LogP contribution in [0.15, 0.2) is 0 Å². The van der Waals surface area contributed by atoms with Crippen LogP contribution in [0.2, 0.25) is 0 Å². The molecule has 0 saturated heterocycles. The highest BCUT2D eigenvalue weighted by Gasteiger charge is 2.29. The number of hydrogen-bond donors (Lipinski definition) is 11. The first-order valence-corrected chi connectivity index (χ1v) is 13.6. The molecule has 0 saturated carbocycles. The lowest BCUT2D eigenvalue weighted by Gasteiger charge is -2.25. The molecule has 0 heterocycles. The van der Waals surface area contributed by atoms with Crippen molar-refractivity contribution in [2.75, 3.05) is 26.2 Å². The van der Waals surface area contributed by atoms with Gasteiger partial charge in [-0.05, 0) is 90.3 Å². The van der Waals surface area contributed by atoms with Crippen molar-refractivity contribution in [2.24, 2.45) is 28.7 Å². The van der Waals surface area contributed by atoms with Gasteiger partial charge in [-0.15, -0.1) is 0 Å². The molecule has 4 unspecified atom stereocenters. The molecule has 0 rings (SSSR count). The average molecular weight is 559 g/mol. The molecule has 0 fully saturated rings. The van der Waals surface area contributed by atoms with Crippen LogP contribution in [0, 0.1) is 5.41 Å². The molecule has 0 radical (unpaired) electrons. The summed E-state index contributed by atoms with van der Waals surface area (Å²) in [5.74, 6) is -3.08. The van der Waals surface area contributed by atoms with E-state index >= 15 is 0 Å². The summed E-state index contributed by atoms with van der Waals surface area (Å²) in [6.07, 6.45) is 4.99. The van der Waals surface area contributed by atoms with Gasteiger partial charge in [0.05, 0.1) is 6.04 Å². The number of carboxylic acids is 1. The Morgan fingerprint density at radius 3 is 1.46 bits per heavy atom. The summed E-state index contributed by atoms with van der Waals surface area (Å²) in [7, 11) is 0. The fraction of sp³-hybridized carbons (Fsp3) is 0.792. The van der Waals surface area contributed by atoms with Crippen molar-refractivity contribution in [1.29, 1.82) is 5.41 Å². The van der Waals surface area contributed by atoms with Crippen LogP contribution in [0.4, 0.5) is 0 Å². The minimum absolute atomic E-state index is 0.181. The Hall–Kier alpha value is -3.01. The summed E-state index contributed by atoms with van der Waals surface area (Å²) in [6.45, 7) is 1.60.